The van der Waals surface area contributed by atoms with Gasteiger partial charge in [-0.2, -0.15) is 0 Å². The molecule has 0 heterocycles. The molecule has 0 aromatic rings. The van der Waals surface area contributed by atoms with E-state index in [1.165, 1.54) is 25.7 Å². The van der Waals surface area contributed by atoms with E-state index in [0.717, 1.165) is 5.92 Å². The first-order chi connectivity index (χ1) is 6.63. The quantitative estimate of drug-likeness (QED) is 0.657. The van der Waals surface area contributed by atoms with Crippen LogP contribution in [0.4, 0.5) is 0 Å². The third kappa shape index (κ3) is 1.62. The van der Waals surface area contributed by atoms with Gasteiger partial charge in [-0.25, -0.2) is 0 Å². The summed E-state index contributed by atoms with van der Waals surface area (Å²) in [5.41, 5.74) is 5.33. The Kier molecular flexibility index (Phi) is 3.17. The second kappa shape index (κ2) is 4.08. The molecule has 0 nitrogen and oxygen atoms in total. The zero-order chi connectivity index (χ0) is 10.3. The summed E-state index contributed by atoms with van der Waals surface area (Å²) in [4.78, 5) is 0. The van der Waals surface area contributed by atoms with Crippen LogP contribution in [0.25, 0.3) is 0 Å². The van der Waals surface area contributed by atoms with Gasteiger partial charge in [-0.05, 0) is 0 Å². The predicted octanol–water partition coefficient (Wildman–Crippen LogP) is 4.50. The molecule has 1 atom stereocenters. The molecule has 0 aromatic carbocycles. The predicted molar refractivity (Wildman–Crippen MR) is 59.1 cm³/mol. The van der Waals surface area contributed by atoms with E-state index in [-0.39, 0.29) is 0 Å². The van der Waals surface area contributed by atoms with Crippen LogP contribution in [0, 0.1) is 5.92 Å². The van der Waals surface area contributed by atoms with Gasteiger partial charge in [-0.15, -0.1) is 0 Å². The van der Waals surface area contributed by atoms with Crippen molar-refractivity contribution < 1.29 is 21.8 Å². The summed E-state index contributed by atoms with van der Waals surface area (Å²) < 4.78 is 6.99. The summed E-state index contributed by atoms with van der Waals surface area (Å²) in [6.07, 6.45) is 5.65. The van der Waals surface area contributed by atoms with Gasteiger partial charge in [0.25, 0.3) is 0 Å². The van der Waals surface area contributed by atoms with E-state index in [2.05, 4.69) is 23.1 Å². The molecule has 0 saturated heterocycles. The van der Waals surface area contributed by atoms with Crippen molar-refractivity contribution in [2.75, 3.05) is 0 Å². The molecular formula is C13H21Zr. The van der Waals surface area contributed by atoms with E-state index in [0.29, 0.717) is 0 Å². The van der Waals surface area contributed by atoms with Gasteiger partial charge in [-0.1, -0.05) is 0 Å². The van der Waals surface area contributed by atoms with Crippen LogP contribution in [0.15, 0.2) is 20.0 Å². The van der Waals surface area contributed by atoms with E-state index >= 15 is 0 Å². The van der Waals surface area contributed by atoms with E-state index in [4.69, 9.17) is 0 Å². The molecule has 14 heavy (non-hydrogen) atoms. The Hall–Kier alpha value is 0.363. The van der Waals surface area contributed by atoms with Crippen LogP contribution in [0.1, 0.15) is 39.5 Å². The minimum absolute atomic E-state index is 0.842. The summed E-state index contributed by atoms with van der Waals surface area (Å²) in [5, 5.41) is 0. The number of hydrogen-bond donors (Lipinski definition) is 0. The Morgan fingerprint density at radius 1 is 1.14 bits per heavy atom. The monoisotopic (exact) mass is 267 g/mol. The van der Waals surface area contributed by atoms with Crippen LogP contribution in [-0.2, 0) is 21.8 Å². The van der Waals surface area contributed by atoms with E-state index < -0.39 is 21.8 Å². The fourth-order valence-corrected chi connectivity index (χ4v) is 8.08. The van der Waals surface area contributed by atoms with Gasteiger partial charge in [0.15, 0.2) is 0 Å². The molecule has 1 heteroatoms. The first-order valence-electron chi connectivity index (χ1n) is 5.86. The second-order valence-corrected chi connectivity index (χ2v) is 11.2. The van der Waals surface area contributed by atoms with Crippen LogP contribution in [0.5, 0.6) is 0 Å². The van der Waals surface area contributed by atoms with Gasteiger partial charge < -0.3 is 0 Å². The SMILES string of the molecule is CC1=[C]([Zr]([CH3])[CH3])C(C)C2=C1CCCC2. The normalized spacial score (nSPS) is 27.0. The van der Waals surface area contributed by atoms with Gasteiger partial charge in [-0.3, -0.25) is 0 Å². The van der Waals surface area contributed by atoms with Crippen LogP contribution in [-0.4, -0.2) is 0 Å². The fraction of sp³-hybridized carbons (Fsp3) is 0.692. The molecule has 2 aliphatic carbocycles. The summed E-state index contributed by atoms with van der Waals surface area (Å²) in [7, 11) is 0. The average molecular weight is 269 g/mol. The molecule has 2 aliphatic rings. The average Bonchev–Trinajstić information content (AvgIpc) is 2.41. The van der Waals surface area contributed by atoms with Gasteiger partial charge in [0.2, 0.25) is 0 Å². The molecule has 1 unspecified atom stereocenters. The molecule has 2 rings (SSSR count). The summed E-state index contributed by atoms with van der Waals surface area (Å²) in [6, 6.07) is 0. The third-order valence-electron chi connectivity index (χ3n) is 3.86. The third-order valence-corrected chi connectivity index (χ3v) is 8.50. The maximum atomic E-state index is 2.54. The Balaban J connectivity index is 2.37. The van der Waals surface area contributed by atoms with Gasteiger partial charge >= 0.3 is 96.5 Å². The summed E-state index contributed by atoms with van der Waals surface area (Å²) in [6.45, 7) is 4.85. The van der Waals surface area contributed by atoms with E-state index in [9.17, 15) is 0 Å². The van der Waals surface area contributed by atoms with Crippen molar-refractivity contribution in [3.05, 3.63) is 20.0 Å². The maximum absolute atomic E-state index is 2.54. The molecule has 77 valence electrons. The van der Waals surface area contributed by atoms with E-state index in [1.807, 2.05) is 8.85 Å². The fourth-order valence-electron chi connectivity index (χ4n) is 3.30. The first kappa shape index (κ1) is 10.9. The summed E-state index contributed by atoms with van der Waals surface area (Å²) >= 11 is -1.12. The van der Waals surface area contributed by atoms with Gasteiger partial charge in [0, 0.05) is 0 Å². The Morgan fingerprint density at radius 2 is 1.79 bits per heavy atom. The van der Waals surface area contributed by atoms with Gasteiger partial charge in [0.1, 0.15) is 0 Å². The molecule has 0 N–H and O–H groups in total. The van der Waals surface area contributed by atoms with Crippen LogP contribution in [0.3, 0.4) is 0 Å². The Labute approximate surface area is 96.1 Å². The van der Waals surface area contributed by atoms with Crippen LogP contribution in [0.2, 0.25) is 9.26 Å². The standard InChI is InChI=1S/C11H15.2CH3.Zr/c1-8-7-9(2)11-6-4-3-5-10(8)11;;;/h8H,3-6H2,1-2H3;2*1H3;. The number of hydrogen-bond acceptors (Lipinski definition) is 0. The zero-order valence-electron chi connectivity index (χ0n) is 9.91. The molecule has 0 spiro atoms. The second-order valence-electron chi connectivity index (χ2n) is 4.97. The number of allylic oxidation sites excluding steroid dienone is 4. The van der Waals surface area contributed by atoms with Crippen LogP contribution >= 0.6 is 0 Å². The molecule has 0 saturated carbocycles. The summed E-state index contributed by atoms with van der Waals surface area (Å²) in [5.74, 6) is 0.842. The van der Waals surface area contributed by atoms with Crippen molar-refractivity contribution in [1.29, 1.82) is 0 Å². The molecule has 0 amide bonds. The van der Waals surface area contributed by atoms with Crippen LogP contribution < -0.4 is 0 Å². The minimum atomic E-state index is -1.12. The van der Waals surface area contributed by atoms with Crippen molar-refractivity contribution in [1.82, 2.24) is 0 Å². The van der Waals surface area contributed by atoms with Crippen molar-refractivity contribution in [2.24, 2.45) is 5.92 Å². The van der Waals surface area contributed by atoms with Crippen molar-refractivity contribution in [3.8, 4) is 0 Å². The Morgan fingerprint density at radius 3 is 2.36 bits per heavy atom. The van der Waals surface area contributed by atoms with Crippen molar-refractivity contribution >= 4 is 0 Å². The molecular weight excluding hydrogens is 247 g/mol. The number of rotatable bonds is 1. The molecule has 0 bridgehead atoms. The van der Waals surface area contributed by atoms with Gasteiger partial charge in [0.05, 0.1) is 0 Å². The molecule has 0 aliphatic heterocycles. The zero-order valence-corrected chi connectivity index (χ0v) is 12.4. The van der Waals surface area contributed by atoms with E-state index in [1.54, 1.807) is 11.1 Å². The molecule has 0 fully saturated rings. The van der Waals surface area contributed by atoms with Crippen molar-refractivity contribution in [2.45, 2.75) is 48.8 Å². The molecule has 0 aromatic heterocycles. The first-order valence-corrected chi connectivity index (χ1v) is 12.0. The topological polar surface area (TPSA) is 0 Å². The molecule has 0 radical (unpaired) electrons. The van der Waals surface area contributed by atoms with Crippen molar-refractivity contribution in [3.63, 3.8) is 0 Å². The Bertz CT molecular complexity index is 307.